The highest BCUT2D eigenvalue weighted by Crippen LogP contribution is 2.15. The number of aliphatic hydroxyl groups is 1. The Hall–Kier alpha value is -1.59. The Kier molecular flexibility index (Phi) is 5.12. The molecule has 1 aromatic rings. The predicted molar refractivity (Wildman–Crippen MR) is 71.8 cm³/mol. The summed E-state index contributed by atoms with van der Waals surface area (Å²) in [5.74, 6) is 0.265. The standard InChI is InChI=1S/C13H16O4S/c1-3-4-12(14)8-5-11-6-9-13(10-7-11)17-18(2,15)16/h3,5-10,12,14H,1,4H2,2H3/b8-5+/t12-/m0/s1. The Labute approximate surface area is 107 Å². The molecule has 1 atom stereocenters. The van der Waals surface area contributed by atoms with Gasteiger partial charge in [-0.3, -0.25) is 0 Å². The molecule has 18 heavy (non-hydrogen) atoms. The summed E-state index contributed by atoms with van der Waals surface area (Å²) in [6, 6.07) is 6.52. The maximum absolute atomic E-state index is 10.9. The summed E-state index contributed by atoms with van der Waals surface area (Å²) in [5.41, 5.74) is 0.846. The van der Waals surface area contributed by atoms with E-state index in [0.29, 0.717) is 6.42 Å². The zero-order valence-corrected chi connectivity index (χ0v) is 10.9. The monoisotopic (exact) mass is 268 g/mol. The van der Waals surface area contributed by atoms with Gasteiger partial charge in [0.15, 0.2) is 0 Å². The number of aliphatic hydroxyl groups excluding tert-OH is 1. The smallest absolute Gasteiger partial charge is 0.306 e. The fraction of sp³-hybridized carbons (Fsp3) is 0.231. The molecule has 0 fully saturated rings. The molecule has 0 heterocycles. The zero-order chi connectivity index (χ0) is 13.6. The lowest BCUT2D eigenvalue weighted by Gasteiger charge is -2.03. The van der Waals surface area contributed by atoms with E-state index in [1.54, 1.807) is 42.5 Å². The Balaban J connectivity index is 2.68. The Morgan fingerprint density at radius 3 is 2.50 bits per heavy atom. The molecule has 1 N–H and O–H groups in total. The molecule has 0 unspecified atom stereocenters. The van der Waals surface area contributed by atoms with Gasteiger partial charge in [0, 0.05) is 0 Å². The van der Waals surface area contributed by atoms with E-state index in [9.17, 15) is 13.5 Å². The fourth-order valence-electron chi connectivity index (χ4n) is 1.28. The molecular weight excluding hydrogens is 252 g/mol. The maximum Gasteiger partial charge on any atom is 0.306 e. The second-order valence-electron chi connectivity index (χ2n) is 3.81. The first-order valence-electron chi connectivity index (χ1n) is 5.37. The summed E-state index contributed by atoms with van der Waals surface area (Å²) in [6.07, 6.45) is 5.96. The molecule has 0 aliphatic rings. The second kappa shape index (κ2) is 6.37. The van der Waals surface area contributed by atoms with E-state index >= 15 is 0 Å². The minimum absolute atomic E-state index is 0.265. The SMILES string of the molecule is C=CC[C@H](O)/C=C/c1ccc(OS(C)(=O)=O)cc1. The lowest BCUT2D eigenvalue weighted by atomic mass is 10.1. The third kappa shape index (κ3) is 5.65. The quantitative estimate of drug-likeness (QED) is 0.633. The normalized spacial score (nSPS) is 13.4. The molecule has 0 bridgehead atoms. The second-order valence-corrected chi connectivity index (χ2v) is 5.38. The minimum Gasteiger partial charge on any atom is -0.389 e. The van der Waals surface area contributed by atoms with Gasteiger partial charge in [0.2, 0.25) is 0 Å². The van der Waals surface area contributed by atoms with Crippen LogP contribution in [-0.2, 0) is 10.1 Å². The van der Waals surface area contributed by atoms with Gasteiger partial charge in [-0.15, -0.1) is 6.58 Å². The summed E-state index contributed by atoms with van der Waals surface area (Å²) >= 11 is 0. The summed E-state index contributed by atoms with van der Waals surface area (Å²) in [7, 11) is -3.49. The van der Waals surface area contributed by atoms with Crippen molar-refractivity contribution in [2.75, 3.05) is 6.26 Å². The van der Waals surface area contributed by atoms with Crippen molar-refractivity contribution in [3.05, 3.63) is 48.6 Å². The number of benzene rings is 1. The molecule has 0 spiro atoms. The molecule has 0 saturated heterocycles. The lowest BCUT2D eigenvalue weighted by Crippen LogP contribution is -2.05. The van der Waals surface area contributed by atoms with Crippen molar-refractivity contribution in [1.29, 1.82) is 0 Å². The average molecular weight is 268 g/mol. The van der Waals surface area contributed by atoms with Gasteiger partial charge in [0.05, 0.1) is 12.4 Å². The maximum atomic E-state index is 10.9. The van der Waals surface area contributed by atoms with Gasteiger partial charge in [-0.25, -0.2) is 0 Å². The highest BCUT2D eigenvalue weighted by Gasteiger charge is 2.03. The van der Waals surface area contributed by atoms with Gasteiger partial charge in [-0.05, 0) is 24.1 Å². The first-order chi connectivity index (χ1) is 8.40. The van der Waals surface area contributed by atoms with Gasteiger partial charge >= 0.3 is 10.1 Å². The van der Waals surface area contributed by atoms with Gasteiger partial charge in [0.25, 0.3) is 0 Å². The van der Waals surface area contributed by atoms with Crippen LogP contribution in [0.25, 0.3) is 6.08 Å². The predicted octanol–water partition coefficient (Wildman–Crippen LogP) is 1.98. The molecule has 5 heteroatoms. The van der Waals surface area contributed by atoms with Crippen LogP contribution in [-0.4, -0.2) is 25.9 Å². The van der Waals surface area contributed by atoms with Crippen LogP contribution in [0.15, 0.2) is 43.0 Å². The molecule has 4 nitrogen and oxygen atoms in total. The van der Waals surface area contributed by atoms with Crippen LogP contribution in [0.3, 0.4) is 0 Å². The van der Waals surface area contributed by atoms with Crippen LogP contribution in [0.2, 0.25) is 0 Å². The van der Waals surface area contributed by atoms with Gasteiger partial charge < -0.3 is 9.29 Å². The van der Waals surface area contributed by atoms with Crippen molar-refractivity contribution < 1.29 is 17.7 Å². The van der Waals surface area contributed by atoms with Gasteiger partial charge in [-0.2, -0.15) is 8.42 Å². The van der Waals surface area contributed by atoms with Crippen molar-refractivity contribution in [2.24, 2.45) is 0 Å². The third-order valence-corrected chi connectivity index (χ3v) is 2.54. The third-order valence-electron chi connectivity index (χ3n) is 2.05. The van der Waals surface area contributed by atoms with Crippen LogP contribution in [0.4, 0.5) is 0 Å². The number of hydrogen-bond acceptors (Lipinski definition) is 4. The van der Waals surface area contributed by atoms with E-state index < -0.39 is 16.2 Å². The van der Waals surface area contributed by atoms with Crippen LogP contribution in [0, 0.1) is 0 Å². The largest absolute Gasteiger partial charge is 0.389 e. The molecule has 0 aromatic heterocycles. The molecule has 0 saturated carbocycles. The molecule has 1 rings (SSSR count). The molecule has 0 radical (unpaired) electrons. The highest BCUT2D eigenvalue weighted by molar-refractivity contribution is 7.86. The summed E-state index contributed by atoms with van der Waals surface area (Å²) in [4.78, 5) is 0. The first kappa shape index (κ1) is 14.5. The van der Waals surface area contributed by atoms with Crippen LogP contribution in [0.5, 0.6) is 5.75 Å². The van der Waals surface area contributed by atoms with E-state index in [-0.39, 0.29) is 5.75 Å². The topological polar surface area (TPSA) is 63.6 Å². The van der Waals surface area contributed by atoms with Crippen molar-refractivity contribution in [2.45, 2.75) is 12.5 Å². The molecule has 0 amide bonds. The number of hydrogen-bond donors (Lipinski definition) is 1. The Bertz CT molecular complexity index is 514. The van der Waals surface area contributed by atoms with E-state index in [4.69, 9.17) is 4.18 Å². The zero-order valence-electron chi connectivity index (χ0n) is 10.1. The Morgan fingerprint density at radius 2 is 2.00 bits per heavy atom. The average Bonchev–Trinajstić information content (AvgIpc) is 2.26. The summed E-state index contributed by atoms with van der Waals surface area (Å²) < 4.78 is 26.5. The van der Waals surface area contributed by atoms with Crippen LogP contribution < -0.4 is 4.18 Å². The van der Waals surface area contributed by atoms with Crippen LogP contribution in [0.1, 0.15) is 12.0 Å². The van der Waals surface area contributed by atoms with E-state index in [2.05, 4.69) is 6.58 Å². The molecular formula is C13H16O4S. The molecule has 1 aromatic carbocycles. The van der Waals surface area contributed by atoms with Crippen LogP contribution >= 0.6 is 0 Å². The summed E-state index contributed by atoms with van der Waals surface area (Å²) in [5, 5.41) is 9.46. The number of rotatable bonds is 6. The van der Waals surface area contributed by atoms with E-state index in [0.717, 1.165) is 11.8 Å². The van der Waals surface area contributed by atoms with Crippen molar-refractivity contribution in [3.63, 3.8) is 0 Å². The lowest BCUT2D eigenvalue weighted by molar-refractivity contribution is 0.228. The highest BCUT2D eigenvalue weighted by atomic mass is 32.2. The molecule has 0 aliphatic carbocycles. The first-order valence-corrected chi connectivity index (χ1v) is 7.19. The fourth-order valence-corrected chi connectivity index (χ4v) is 1.74. The van der Waals surface area contributed by atoms with Gasteiger partial charge in [0.1, 0.15) is 5.75 Å². The van der Waals surface area contributed by atoms with Gasteiger partial charge in [-0.1, -0.05) is 30.4 Å². The van der Waals surface area contributed by atoms with Crippen molar-refractivity contribution in [1.82, 2.24) is 0 Å². The van der Waals surface area contributed by atoms with E-state index in [1.165, 1.54) is 0 Å². The minimum atomic E-state index is -3.49. The van der Waals surface area contributed by atoms with Crippen molar-refractivity contribution in [3.8, 4) is 5.75 Å². The molecule has 0 aliphatic heterocycles. The van der Waals surface area contributed by atoms with Crippen molar-refractivity contribution >= 4 is 16.2 Å². The summed E-state index contributed by atoms with van der Waals surface area (Å²) in [6.45, 7) is 3.53. The molecule has 98 valence electrons. The van der Waals surface area contributed by atoms with E-state index in [1.807, 2.05) is 0 Å². The Morgan fingerprint density at radius 1 is 1.39 bits per heavy atom.